The molecule has 1 saturated heterocycles. The normalized spacial score (nSPS) is 15.2. The number of rotatable bonds is 3. The second kappa shape index (κ2) is 7.61. The number of carbonyl (C=O) groups is 2. The van der Waals surface area contributed by atoms with E-state index in [1.165, 1.54) is 0 Å². The van der Waals surface area contributed by atoms with Crippen LogP contribution in [0.5, 0.6) is 0 Å². The summed E-state index contributed by atoms with van der Waals surface area (Å²) < 4.78 is 5.80. The van der Waals surface area contributed by atoms with E-state index in [1.54, 1.807) is 35.2 Å². The molecule has 0 saturated carbocycles. The maximum atomic E-state index is 13.0. The van der Waals surface area contributed by atoms with E-state index in [4.69, 9.17) is 27.6 Å². The van der Waals surface area contributed by atoms with Crippen LogP contribution in [-0.2, 0) is 0 Å². The molecule has 3 aromatic rings. The number of benzene rings is 2. The van der Waals surface area contributed by atoms with Crippen LogP contribution in [-0.4, -0.2) is 29.7 Å². The van der Waals surface area contributed by atoms with E-state index in [0.29, 0.717) is 52.9 Å². The third-order valence-corrected chi connectivity index (χ3v) is 5.94. The minimum atomic E-state index is -0.151. The Labute approximate surface area is 173 Å². The van der Waals surface area contributed by atoms with Crippen LogP contribution in [0.25, 0.3) is 11.0 Å². The first-order valence-corrected chi connectivity index (χ1v) is 9.98. The van der Waals surface area contributed by atoms with Crippen molar-refractivity contribution in [1.82, 2.24) is 4.90 Å². The van der Waals surface area contributed by atoms with Crippen molar-refractivity contribution in [3.05, 3.63) is 69.4 Å². The molecular formula is C22H19Cl2NO3. The van der Waals surface area contributed by atoms with Crippen molar-refractivity contribution >= 4 is 45.9 Å². The number of furan rings is 1. The van der Waals surface area contributed by atoms with Gasteiger partial charge in [0.05, 0.1) is 5.02 Å². The summed E-state index contributed by atoms with van der Waals surface area (Å²) in [7, 11) is 0. The summed E-state index contributed by atoms with van der Waals surface area (Å²) in [6, 6.07) is 12.4. The van der Waals surface area contributed by atoms with Crippen LogP contribution in [0.1, 0.15) is 39.3 Å². The lowest BCUT2D eigenvalue weighted by Crippen LogP contribution is -2.40. The van der Waals surface area contributed by atoms with Gasteiger partial charge in [0, 0.05) is 40.5 Å². The summed E-state index contributed by atoms with van der Waals surface area (Å²) in [5.74, 6) is 0.194. The maximum Gasteiger partial charge on any atom is 0.289 e. The number of amides is 1. The highest BCUT2D eigenvalue weighted by Crippen LogP contribution is 2.32. The zero-order valence-corrected chi connectivity index (χ0v) is 16.9. The van der Waals surface area contributed by atoms with E-state index in [1.807, 2.05) is 19.1 Å². The van der Waals surface area contributed by atoms with E-state index in [0.717, 1.165) is 10.9 Å². The van der Waals surface area contributed by atoms with E-state index >= 15 is 0 Å². The highest BCUT2D eigenvalue weighted by Gasteiger charge is 2.30. The van der Waals surface area contributed by atoms with Crippen molar-refractivity contribution < 1.29 is 14.0 Å². The van der Waals surface area contributed by atoms with Crippen LogP contribution in [0.4, 0.5) is 0 Å². The number of fused-ring (bicyclic) bond motifs is 1. The highest BCUT2D eigenvalue weighted by atomic mass is 35.5. The van der Waals surface area contributed by atoms with Crippen LogP contribution in [0.3, 0.4) is 0 Å². The first-order chi connectivity index (χ1) is 13.5. The Kier molecular flexibility index (Phi) is 5.17. The Morgan fingerprint density at radius 1 is 1.04 bits per heavy atom. The number of para-hydroxylation sites is 1. The number of halogens is 2. The molecule has 0 spiro atoms. The second-order valence-electron chi connectivity index (χ2n) is 7.11. The zero-order chi connectivity index (χ0) is 19.8. The van der Waals surface area contributed by atoms with Crippen molar-refractivity contribution in [2.45, 2.75) is 19.8 Å². The summed E-state index contributed by atoms with van der Waals surface area (Å²) in [6.07, 6.45) is 1.26. The van der Waals surface area contributed by atoms with Gasteiger partial charge in [0.15, 0.2) is 17.1 Å². The fourth-order valence-corrected chi connectivity index (χ4v) is 4.09. The minimum absolute atomic E-state index is 0.0866. The molecular weight excluding hydrogens is 397 g/mol. The molecule has 28 heavy (non-hydrogen) atoms. The molecule has 4 rings (SSSR count). The van der Waals surface area contributed by atoms with Crippen LogP contribution >= 0.6 is 23.2 Å². The molecule has 0 N–H and O–H groups in total. The third-order valence-electron chi connectivity index (χ3n) is 5.39. The summed E-state index contributed by atoms with van der Waals surface area (Å²) in [4.78, 5) is 27.4. The number of piperidine rings is 1. The Morgan fingerprint density at radius 3 is 2.36 bits per heavy atom. The van der Waals surface area contributed by atoms with Crippen LogP contribution in [0, 0.1) is 12.8 Å². The summed E-state index contributed by atoms with van der Waals surface area (Å²) in [5.41, 5.74) is 2.00. The van der Waals surface area contributed by atoms with Crippen molar-refractivity contribution in [3.8, 4) is 0 Å². The van der Waals surface area contributed by atoms with Crippen molar-refractivity contribution in [1.29, 1.82) is 0 Å². The van der Waals surface area contributed by atoms with Crippen LogP contribution in [0.2, 0.25) is 10.0 Å². The van der Waals surface area contributed by atoms with Gasteiger partial charge in [-0.05, 0) is 50.1 Å². The topological polar surface area (TPSA) is 50.5 Å². The Hall–Kier alpha value is -2.30. The predicted molar refractivity (Wildman–Crippen MR) is 110 cm³/mol. The molecule has 0 radical (unpaired) electrons. The standard InChI is InChI=1S/C22H19Cl2NO3/c1-13-17-3-2-4-18(24)21(17)28-20(13)22(27)25-11-9-15(10-12-25)19(26)14-5-7-16(23)8-6-14/h2-8,15H,9-12H2,1H3. The number of likely N-dealkylation sites (tertiary alicyclic amines) is 1. The zero-order valence-electron chi connectivity index (χ0n) is 15.4. The molecule has 0 unspecified atom stereocenters. The lowest BCUT2D eigenvalue weighted by Gasteiger charge is -2.31. The molecule has 0 bridgehead atoms. The smallest absolute Gasteiger partial charge is 0.289 e. The summed E-state index contributed by atoms with van der Waals surface area (Å²) in [5, 5.41) is 1.95. The Morgan fingerprint density at radius 2 is 1.71 bits per heavy atom. The van der Waals surface area contributed by atoms with Gasteiger partial charge < -0.3 is 9.32 Å². The lowest BCUT2D eigenvalue weighted by molar-refractivity contribution is 0.0625. The molecule has 1 amide bonds. The lowest BCUT2D eigenvalue weighted by atomic mass is 9.89. The van der Waals surface area contributed by atoms with Gasteiger partial charge in [-0.3, -0.25) is 9.59 Å². The Balaban J connectivity index is 1.47. The SMILES string of the molecule is Cc1c(C(=O)N2CCC(C(=O)c3ccc(Cl)cc3)CC2)oc2c(Cl)cccc12. The predicted octanol–water partition coefficient (Wildman–Crippen LogP) is 5.78. The van der Waals surface area contributed by atoms with Crippen molar-refractivity contribution in [2.24, 2.45) is 5.92 Å². The molecule has 0 aliphatic carbocycles. The number of carbonyl (C=O) groups excluding carboxylic acids is 2. The van der Waals surface area contributed by atoms with Crippen molar-refractivity contribution in [2.75, 3.05) is 13.1 Å². The third kappa shape index (κ3) is 3.43. The molecule has 0 atom stereocenters. The molecule has 1 aliphatic rings. The molecule has 144 valence electrons. The number of ketones is 1. The van der Waals surface area contributed by atoms with Gasteiger partial charge in [0.1, 0.15) is 0 Å². The van der Waals surface area contributed by atoms with Crippen LogP contribution in [0.15, 0.2) is 46.9 Å². The van der Waals surface area contributed by atoms with E-state index in [-0.39, 0.29) is 17.6 Å². The molecule has 2 heterocycles. The van der Waals surface area contributed by atoms with Crippen LogP contribution < -0.4 is 0 Å². The number of hydrogen-bond acceptors (Lipinski definition) is 3. The minimum Gasteiger partial charge on any atom is -0.449 e. The molecule has 1 aromatic heterocycles. The van der Waals surface area contributed by atoms with Gasteiger partial charge in [-0.1, -0.05) is 35.3 Å². The van der Waals surface area contributed by atoms with E-state index in [2.05, 4.69) is 0 Å². The molecule has 1 aliphatic heterocycles. The van der Waals surface area contributed by atoms with Crippen molar-refractivity contribution in [3.63, 3.8) is 0 Å². The average molecular weight is 416 g/mol. The fraction of sp³-hybridized carbons (Fsp3) is 0.273. The first kappa shape index (κ1) is 19.0. The maximum absolute atomic E-state index is 13.0. The highest BCUT2D eigenvalue weighted by molar-refractivity contribution is 6.35. The number of aryl methyl sites for hydroxylation is 1. The average Bonchev–Trinajstić information content (AvgIpc) is 3.06. The quantitative estimate of drug-likeness (QED) is 0.509. The van der Waals surface area contributed by atoms with E-state index < -0.39 is 0 Å². The molecule has 2 aromatic carbocycles. The second-order valence-corrected chi connectivity index (χ2v) is 7.95. The van der Waals surface area contributed by atoms with Gasteiger partial charge >= 0.3 is 0 Å². The molecule has 6 heteroatoms. The Bertz CT molecular complexity index is 1050. The van der Waals surface area contributed by atoms with Gasteiger partial charge in [-0.25, -0.2) is 0 Å². The number of hydrogen-bond donors (Lipinski definition) is 0. The first-order valence-electron chi connectivity index (χ1n) is 9.22. The monoisotopic (exact) mass is 415 g/mol. The van der Waals surface area contributed by atoms with Gasteiger partial charge in [-0.2, -0.15) is 0 Å². The fourth-order valence-electron chi connectivity index (χ4n) is 3.75. The van der Waals surface area contributed by atoms with E-state index in [9.17, 15) is 9.59 Å². The van der Waals surface area contributed by atoms with Gasteiger partial charge in [0.25, 0.3) is 5.91 Å². The molecule has 4 nitrogen and oxygen atoms in total. The summed E-state index contributed by atoms with van der Waals surface area (Å²) >= 11 is 12.1. The number of Topliss-reactive ketones (excluding diaryl/α,β-unsaturated/α-hetero) is 1. The van der Waals surface area contributed by atoms with Gasteiger partial charge in [0.2, 0.25) is 0 Å². The summed E-state index contributed by atoms with van der Waals surface area (Å²) in [6.45, 7) is 2.91. The van der Waals surface area contributed by atoms with Gasteiger partial charge in [-0.15, -0.1) is 0 Å². The molecule has 1 fully saturated rings. The largest absolute Gasteiger partial charge is 0.449 e. The number of nitrogens with zero attached hydrogens (tertiary/aromatic N) is 1.